The first-order valence-electron chi connectivity index (χ1n) is 9.74. The number of fused-ring (bicyclic) bond motifs is 2. The molecule has 2 N–H and O–H groups in total. The second kappa shape index (κ2) is 8.07. The largest absolute Gasteiger partial charge is 0.361 e. The van der Waals surface area contributed by atoms with Crippen LogP contribution in [0.25, 0.3) is 27.9 Å². The van der Waals surface area contributed by atoms with Crippen LogP contribution in [0.1, 0.15) is 18.1 Å². The number of nitrogens with one attached hydrogen (secondary N) is 2. The van der Waals surface area contributed by atoms with Crippen LogP contribution in [0.5, 0.6) is 0 Å². The number of nitriles is 1. The van der Waals surface area contributed by atoms with Gasteiger partial charge >= 0.3 is 0 Å². The molecule has 0 bridgehead atoms. The van der Waals surface area contributed by atoms with E-state index in [4.69, 9.17) is 0 Å². The smallest absolute Gasteiger partial charge is 0.261 e. The molecule has 5 nitrogen and oxygen atoms in total. The van der Waals surface area contributed by atoms with Gasteiger partial charge in [0.15, 0.2) is 0 Å². The van der Waals surface area contributed by atoms with Crippen molar-refractivity contribution in [1.82, 2.24) is 14.9 Å². The van der Waals surface area contributed by atoms with Crippen molar-refractivity contribution >= 4 is 33.8 Å². The van der Waals surface area contributed by atoms with E-state index in [-0.39, 0.29) is 11.5 Å². The van der Waals surface area contributed by atoms with Gasteiger partial charge in [-0.1, -0.05) is 36.4 Å². The lowest BCUT2D eigenvalue weighted by Gasteiger charge is -2.04. The Kier molecular flexibility index (Phi) is 5.17. The summed E-state index contributed by atoms with van der Waals surface area (Å²) in [4.78, 5) is 15.8. The zero-order valence-electron chi connectivity index (χ0n) is 16.3. The average molecular weight is 382 g/mol. The summed E-state index contributed by atoms with van der Waals surface area (Å²) < 4.78 is 2.12. The van der Waals surface area contributed by atoms with Gasteiger partial charge in [0.25, 0.3) is 5.91 Å². The predicted octanol–water partition coefficient (Wildman–Crippen LogP) is 4.41. The maximum atomic E-state index is 12.6. The minimum atomic E-state index is -0.347. The third-order valence-electron chi connectivity index (χ3n) is 5.18. The summed E-state index contributed by atoms with van der Waals surface area (Å²) in [5.41, 5.74) is 4.32. The number of benzene rings is 2. The Labute approximate surface area is 169 Å². The molecular weight excluding hydrogens is 360 g/mol. The summed E-state index contributed by atoms with van der Waals surface area (Å²) in [5, 5.41) is 14.6. The Balaban J connectivity index is 1.49. The van der Waals surface area contributed by atoms with E-state index >= 15 is 0 Å². The first kappa shape index (κ1) is 18.6. The van der Waals surface area contributed by atoms with Crippen LogP contribution < -0.4 is 5.32 Å². The zero-order chi connectivity index (χ0) is 20.2. The number of carbonyl (C=O) groups excluding carboxylic acids is 1. The highest BCUT2D eigenvalue weighted by molar-refractivity contribution is 6.04. The van der Waals surface area contributed by atoms with Crippen molar-refractivity contribution < 1.29 is 4.79 Å². The lowest BCUT2D eigenvalue weighted by atomic mass is 10.1. The summed E-state index contributed by atoms with van der Waals surface area (Å²) >= 11 is 0. The van der Waals surface area contributed by atoms with Gasteiger partial charge in [0.2, 0.25) is 0 Å². The van der Waals surface area contributed by atoms with E-state index < -0.39 is 0 Å². The summed E-state index contributed by atoms with van der Waals surface area (Å²) in [6.07, 6.45) is 6.33. The Morgan fingerprint density at radius 2 is 1.93 bits per heavy atom. The molecule has 5 heteroatoms. The van der Waals surface area contributed by atoms with Gasteiger partial charge in [-0.15, -0.1) is 0 Å². The van der Waals surface area contributed by atoms with E-state index in [1.165, 1.54) is 0 Å². The third kappa shape index (κ3) is 3.65. The van der Waals surface area contributed by atoms with E-state index in [1.54, 1.807) is 6.08 Å². The molecule has 0 aliphatic heterocycles. The fourth-order valence-corrected chi connectivity index (χ4v) is 3.70. The average Bonchev–Trinajstić information content (AvgIpc) is 3.33. The number of aromatic nitrogens is 2. The monoisotopic (exact) mass is 382 g/mol. The lowest BCUT2D eigenvalue weighted by molar-refractivity contribution is -0.117. The number of hydrogen-bond acceptors (Lipinski definition) is 2. The number of aromatic amines is 1. The van der Waals surface area contributed by atoms with Crippen LogP contribution in [-0.2, 0) is 17.8 Å². The molecule has 0 aliphatic carbocycles. The van der Waals surface area contributed by atoms with Gasteiger partial charge in [0.1, 0.15) is 11.6 Å². The summed E-state index contributed by atoms with van der Waals surface area (Å²) in [6, 6.07) is 18.1. The van der Waals surface area contributed by atoms with Crippen LogP contribution in [0.4, 0.5) is 0 Å². The topological polar surface area (TPSA) is 73.6 Å². The van der Waals surface area contributed by atoms with Gasteiger partial charge in [-0.2, -0.15) is 5.26 Å². The second-order valence-corrected chi connectivity index (χ2v) is 6.92. The first-order chi connectivity index (χ1) is 14.2. The normalized spacial score (nSPS) is 11.7. The van der Waals surface area contributed by atoms with E-state index in [0.29, 0.717) is 13.0 Å². The SMILES string of the molecule is CCn1cc(/C=C(/C#N)C(=O)NCCc2c[nH]c3ccccc23)c2ccccc21. The van der Waals surface area contributed by atoms with Gasteiger partial charge in [-0.3, -0.25) is 4.79 Å². The Morgan fingerprint density at radius 1 is 1.17 bits per heavy atom. The quantitative estimate of drug-likeness (QED) is 0.383. The number of hydrogen-bond donors (Lipinski definition) is 2. The van der Waals surface area contributed by atoms with Crippen molar-refractivity contribution in [2.45, 2.75) is 19.9 Å². The molecule has 0 fully saturated rings. The Hall–Kier alpha value is -3.78. The molecule has 4 rings (SSSR count). The number of carbonyl (C=O) groups is 1. The molecule has 144 valence electrons. The molecule has 0 saturated heterocycles. The van der Waals surface area contributed by atoms with Crippen molar-refractivity contribution in [2.75, 3.05) is 6.54 Å². The number of para-hydroxylation sites is 2. The van der Waals surface area contributed by atoms with Crippen LogP contribution >= 0.6 is 0 Å². The van der Waals surface area contributed by atoms with E-state index in [0.717, 1.165) is 39.5 Å². The van der Waals surface area contributed by atoms with Crippen molar-refractivity contribution in [3.63, 3.8) is 0 Å². The molecular formula is C24H22N4O. The van der Waals surface area contributed by atoms with Crippen molar-refractivity contribution in [3.8, 4) is 6.07 Å². The molecule has 2 aromatic heterocycles. The van der Waals surface area contributed by atoms with Gasteiger partial charge in [-0.25, -0.2) is 0 Å². The molecule has 0 atom stereocenters. The van der Waals surface area contributed by atoms with Crippen LogP contribution in [0, 0.1) is 11.3 Å². The van der Waals surface area contributed by atoms with Gasteiger partial charge in [-0.05, 0) is 37.1 Å². The molecule has 2 heterocycles. The summed E-state index contributed by atoms with van der Waals surface area (Å²) in [6.45, 7) is 3.37. The molecule has 0 radical (unpaired) electrons. The van der Waals surface area contributed by atoms with Crippen LogP contribution in [0.15, 0.2) is 66.5 Å². The fraction of sp³-hybridized carbons (Fsp3) is 0.167. The van der Waals surface area contributed by atoms with Crippen molar-refractivity contribution in [1.29, 1.82) is 5.26 Å². The van der Waals surface area contributed by atoms with E-state index in [2.05, 4.69) is 27.9 Å². The Bertz CT molecular complexity index is 1250. The first-order valence-corrected chi connectivity index (χ1v) is 9.74. The van der Waals surface area contributed by atoms with Crippen LogP contribution in [0.3, 0.4) is 0 Å². The molecule has 1 amide bonds. The fourth-order valence-electron chi connectivity index (χ4n) is 3.70. The number of nitrogens with zero attached hydrogens (tertiary/aromatic N) is 2. The highest BCUT2D eigenvalue weighted by Crippen LogP contribution is 2.23. The highest BCUT2D eigenvalue weighted by Gasteiger charge is 2.12. The van der Waals surface area contributed by atoms with Crippen molar-refractivity contribution in [3.05, 3.63) is 77.6 Å². The molecule has 0 aliphatic rings. The van der Waals surface area contributed by atoms with Gasteiger partial charge in [0.05, 0.1) is 0 Å². The zero-order valence-corrected chi connectivity index (χ0v) is 16.3. The second-order valence-electron chi connectivity index (χ2n) is 6.92. The minimum Gasteiger partial charge on any atom is -0.361 e. The molecule has 0 unspecified atom stereocenters. The maximum Gasteiger partial charge on any atom is 0.261 e. The van der Waals surface area contributed by atoms with E-state index in [9.17, 15) is 10.1 Å². The van der Waals surface area contributed by atoms with Gasteiger partial charge in [0, 0.05) is 52.9 Å². The molecule has 0 saturated carbocycles. The number of aryl methyl sites for hydroxylation is 1. The predicted molar refractivity (Wildman–Crippen MR) is 116 cm³/mol. The minimum absolute atomic E-state index is 0.114. The van der Waals surface area contributed by atoms with E-state index in [1.807, 2.05) is 60.9 Å². The van der Waals surface area contributed by atoms with Crippen LogP contribution in [-0.4, -0.2) is 22.0 Å². The van der Waals surface area contributed by atoms with Crippen LogP contribution in [0.2, 0.25) is 0 Å². The summed E-state index contributed by atoms with van der Waals surface area (Å²) in [7, 11) is 0. The molecule has 0 spiro atoms. The number of rotatable bonds is 6. The molecule has 4 aromatic rings. The standard InChI is InChI=1S/C24H22N4O/c1-2-28-16-19(21-8-4-6-10-23(21)28)13-18(14-25)24(29)26-12-11-17-15-27-22-9-5-3-7-20(17)22/h3-10,13,15-16,27H,2,11-12H2,1H3,(H,26,29)/b18-13-. The number of amides is 1. The van der Waals surface area contributed by atoms with Gasteiger partial charge < -0.3 is 14.9 Å². The summed E-state index contributed by atoms with van der Waals surface area (Å²) in [5.74, 6) is -0.347. The third-order valence-corrected chi connectivity index (χ3v) is 5.18. The molecule has 29 heavy (non-hydrogen) atoms. The number of H-pyrrole nitrogens is 1. The maximum absolute atomic E-state index is 12.6. The highest BCUT2D eigenvalue weighted by atomic mass is 16.1. The molecule has 2 aromatic carbocycles. The van der Waals surface area contributed by atoms with Crippen molar-refractivity contribution in [2.24, 2.45) is 0 Å². The Morgan fingerprint density at radius 3 is 2.72 bits per heavy atom. The lowest BCUT2D eigenvalue weighted by Crippen LogP contribution is -2.26.